The van der Waals surface area contributed by atoms with Crippen molar-refractivity contribution in [2.45, 2.75) is 20.8 Å². The van der Waals surface area contributed by atoms with Gasteiger partial charge in [-0.25, -0.2) is 0 Å². The molecule has 2 heteroatoms. The van der Waals surface area contributed by atoms with E-state index in [9.17, 15) is 5.11 Å². The maximum absolute atomic E-state index is 10.4. The normalized spacial score (nSPS) is 10.7. The monoisotopic (exact) mass is 318 g/mol. The standard InChI is InChI=1S/C22H22O2/c1-14-8-5-6-10-17(14)19-11-7-9-15(2)21(19)18-12-13-20(24-4)22(23)16(18)3/h5-13,23H,1-4H3. The van der Waals surface area contributed by atoms with Gasteiger partial charge in [-0.2, -0.15) is 0 Å². The fourth-order valence-corrected chi connectivity index (χ4v) is 3.24. The first-order chi connectivity index (χ1) is 11.5. The highest BCUT2D eigenvalue weighted by Crippen LogP contribution is 2.42. The Morgan fingerprint density at radius 3 is 2.08 bits per heavy atom. The van der Waals surface area contributed by atoms with Crippen LogP contribution in [0.3, 0.4) is 0 Å². The summed E-state index contributed by atoms with van der Waals surface area (Å²) in [6.07, 6.45) is 0. The summed E-state index contributed by atoms with van der Waals surface area (Å²) in [5.74, 6) is 0.705. The Hall–Kier alpha value is -2.74. The van der Waals surface area contributed by atoms with Crippen molar-refractivity contribution >= 4 is 0 Å². The number of rotatable bonds is 3. The summed E-state index contributed by atoms with van der Waals surface area (Å²) in [5.41, 5.74) is 7.83. The molecule has 0 aliphatic heterocycles. The van der Waals surface area contributed by atoms with Crippen LogP contribution in [0.5, 0.6) is 11.5 Å². The second kappa shape index (κ2) is 6.40. The molecule has 0 unspecified atom stereocenters. The van der Waals surface area contributed by atoms with Crippen LogP contribution in [0.4, 0.5) is 0 Å². The smallest absolute Gasteiger partial charge is 0.161 e. The van der Waals surface area contributed by atoms with Crippen LogP contribution in [0.25, 0.3) is 22.3 Å². The first-order valence-corrected chi connectivity index (χ1v) is 8.07. The second-order valence-electron chi connectivity index (χ2n) is 6.10. The first kappa shape index (κ1) is 16.1. The van der Waals surface area contributed by atoms with E-state index in [0.29, 0.717) is 5.75 Å². The number of aromatic hydroxyl groups is 1. The van der Waals surface area contributed by atoms with Gasteiger partial charge in [-0.1, -0.05) is 48.5 Å². The van der Waals surface area contributed by atoms with Gasteiger partial charge in [-0.05, 0) is 60.2 Å². The quantitative estimate of drug-likeness (QED) is 0.675. The highest BCUT2D eigenvalue weighted by molar-refractivity contribution is 5.89. The Labute approximate surface area is 143 Å². The molecular formula is C22H22O2. The summed E-state index contributed by atoms with van der Waals surface area (Å²) in [7, 11) is 1.57. The molecule has 0 aromatic heterocycles. The summed E-state index contributed by atoms with van der Waals surface area (Å²) < 4.78 is 5.23. The number of hydrogen-bond donors (Lipinski definition) is 1. The lowest BCUT2D eigenvalue weighted by Gasteiger charge is -2.18. The van der Waals surface area contributed by atoms with Crippen LogP contribution in [0.1, 0.15) is 16.7 Å². The maximum atomic E-state index is 10.4. The highest BCUT2D eigenvalue weighted by atomic mass is 16.5. The molecule has 0 aliphatic carbocycles. The number of methoxy groups -OCH3 is 1. The largest absolute Gasteiger partial charge is 0.504 e. The molecule has 0 fully saturated rings. The van der Waals surface area contributed by atoms with Crippen molar-refractivity contribution in [2.24, 2.45) is 0 Å². The van der Waals surface area contributed by atoms with Gasteiger partial charge in [0, 0.05) is 5.56 Å². The van der Waals surface area contributed by atoms with E-state index in [4.69, 9.17) is 4.74 Å². The fourth-order valence-electron chi connectivity index (χ4n) is 3.24. The van der Waals surface area contributed by atoms with Crippen LogP contribution in [-0.2, 0) is 0 Å². The van der Waals surface area contributed by atoms with Crippen LogP contribution < -0.4 is 4.74 Å². The van der Waals surface area contributed by atoms with Crippen molar-refractivity contribution in [1.82, 2.24) is 0 Å². The first-order valence-electron chi connectivity index (χ1n) is 8.07. The number of aryl methyl sites for hydroxylation is 2. The van der Waals surface area contributed by atoms with Crippen LogP contribution in [0.2, 0.25) is 0 Å². The van der Waals surface area contributed by atoms with E-state index < -0.39 is 0 Å². The molecule has 0 atom stereocenters. The molecule has 3 rings (SSSR count). The van der Waals surface area contributed by atoms with Crippen molar-refractivity contribution in [3.63, 3.8) is 0 Å². The SMILES string of the molecule is COc1ccc(-c2c(C)cccc2-c2ccccc2C)c(C)c1O. The molecule has 0 spiro atoms. The molecule has 0 amide bonds. The molecule has 0 radical (unpaired) electrons. The third kappa shape index (κ3) is 2.65. The maximum Gasteiger partial charge on any atom is 0.161 e. The summed E-state index contributed by atoms with van der Waals surface area (Å²) in [4.78, 5) is 0. The third-order valence-corrected chi connectivity index (χ3v) is 4.59. The second-order valence-corrected chi connectivity index (χ2v) is 6.10. The van der Waals surface area contributed by atoms with Crippen LogP contribution in [-0.4, -0.2) is 12.2 Å². The lowest BCUT2D eigenvalue weighted by molar-refractivity contribution is 0.372. The van der Waals surface area contributed by atoms with Crippen LogP contribution >= 0.6 is 0 Å². The third-order valence-electron chi connectivity index (χ3n) is 4.59. The van der Waals surface area contributed by atoms with E-state index in [1.807, 2.05) is 19.1 Å². The van der Waals surface area contributed by atoms with E-state index in [1.165, 1.54) is 22.3 Å². The van der Waals surface area contributed by atoms with E-state index in [0.717, 1.165) is 16.7 Å². The Kier molecular flexibility index (Phi) is 4.30. The van der Waals surface area contributed by atoms with E-state index in [-0.39, 0.29) is 5.75 Å². The molecule has 0 bridgehead atoms. The van der Waals surface area contributed by atoms with Gasteiger partial charge in [-0.3, -0.25) is 0 Å². The Balaban J connectivity index is 2.31. The Morgan fingerprint density at radius 2 is 1.38 bits per heavy atom. The zero-order chi connectivity index (χ0) is 17.3. The molecule has 122 valence electrons. The molecule has 0 saturated carbocycles. The van der Waals surface area contributed by atoms with Gasteiger partial charge in [0.25, 0.3) is 0 Å². The molecule has 1 N–H and O–H groups in total. The van der Waals surface area contributed by atoms with Crippen molar-refractivity contribution in [3.05, 3.63) is 71.3 Å². The summed E-state index contributed by atoms with van der Waals surface area (Å²) in [6.45, 7) is 6.17. The summed E-state index contributed by atoms with van der Waals surface area (Å²) in [6, 6.07) is 18.6. The molecule has 2 nitrogen and oxygen atoms in total. The highest BCUT2D eigenvalue weighted by Gasteiger charge is 2.17. The van der Waals surface area contributed by atoms with Crippen molar-refractivity contribution in [3.8, 4) is 33.8 Å². The lowest BCUT2D eigenvalue weighted by Crippen LogP contribution is -1.94. The zero-order valence-corrected chi connectivity index (χ0v) is 14.6. The van der Waals surface area contributed by atoms with E-state index >= 15 is 0 Å². The van der Waals surface area contributed by atoms with Crippen molar-refractivity contribution in [1.29, 1.82) is 0 Å². The van der Waals surface area contributed by atoms with Gasteiger partial charge in [-0.15, -0.1) is 0 Å². The van der Waals surface area contributed by atoms with Crippen molar-refractivity contribution < 1.29 is 9.84 Å². The summed E-state index contributed by atoms with van der Waals surface area (Å²) in [5, 5.41) is 10.4. The average Bonchev–Trinajstić information content (AvgIpc) is 2.58. The van der Waals surface area contributed by atoms with Gasteiger partial charge >= 0.3 is 0 Å². The zero-order valence-electron chi connectivity index (χ0n) is 14.6. The minimum atomic E-state index is 0.203. The predicted octanol–water partition coefficient (Wildman–Crippen LogP) is 5.66. The van der Waals surface area contributed by atoms with Crippen LogP contribution in [0, 0.1) is 20.8 Å². The molecule has 0 heterocycles. The fraction of sp³-hybridized carbons (Fsp3) is 0.182. The van der Waals surface area contributed by atoms with Gasteiger partial charge in [0.1, 0.15) is 0 Å². The summed E-state index contributed by atoms with van der Waals surface area (Å²) >= 11 is 0. The number of phenols is 1. The number of benzene rings is 3. The van der Waals surface area contributed by atoms with E-state index in [2.05, 4.69) is 56.3 Å². The topological polar surface area (TPSA) is 29.5 Å². The van der Waals surface area contributed by atoms with Gasteiger partial charge in [0.2, 0.25) is 0 Å². The minimum absolute atomic E-state index is 0.203. The van der Waals surface area contributed by atoms with Gasteiger partial charge in [0.15, 0.2) is 11.5 Å². The number of phenolic OH excluding ortho intramolecular Hbond substituents is 1. The molecule has 24 heavy (non-hydrogen) atoms. The van der Waals surface area contributed by atoms with Crippen molar-refractivity contribution in [2.75, 3.05) is 7.11 Å². The average molecular weight is 318 g/mol. The molecule has 3 aromatic rings. The minimum Gasteiger partial charge on any atom is -0.504 e. The Bertz CT molecular complexity index is 894. The molecular weight excluding hydrogens is 296 g/mol. The number of hydrogen-bond acceptors (Lipinski definition) is 2. The van der Waals surface area contributed by atoms with Gasteiger partial charge < -0.3 is 9.84 Å². The molecule has 0 aliphatic rings. The van der Waals surface area contributed by atoms with E-state index in [1.54, 1.807) is 7.11 Å². The predicted molar refractivity (Wildman–Crippen MR) is 99.7 cm³/mol. The molecule has 3 aromatic carbocycles. The van der Waals surface area contributed by atoms with Crippen LogP contribution in [0.15, 0.2) is 54.6 Å². The number of ether oxygens (including phenoxy) is 1. The molecule has 0 saturated heterocycles. The Morgan fingerprint density at radius 1 is 0.708 bits per heavy atom. The van der Waals surface area contributed by atoms with Gasteiger partial charge in [0.05, 0.1) is 7.11 Å². The lowest BCUT2D eigenvalue weighted by atomic mass is 9.87.